The van der Waals surface area contributed by atoms with Crippen LogP contribution in [0.3, 0.4) is 0 Å². The van der Waals surface area contributed by atoms with Gasteiger partial charge in [-0.2, -0.15) is 0 Å². The van der Waals surface area contributed by atoms with Crippen molar-refractivity contribution in [3.63, 3.8) is 0 Å². The number of hydrogen-bond acceptors (Lipinski definition) is 3. The fraction of sp³-hybridized carbons (Fsp3) is 0.357. The highest BCUT2D eigenvalue weighted by Crippen LogP contribution is 2.07. The van der Waals surface area contributed by atoms with Crippen molar-refractivity contribution in [1.29, 1.82) is 0 Å². The first-order valence-electron chi connectivity index (χ1n) is 6.18. The highest BCUT2D eigenvalue weighted by molar-refractivity contribution is 5.80. The first-order valence-corrected chi connectivity index (χ1v) is 6.18. The molecule has 0 saturated carbocycles. The number of benzene rings is 1. The lowest BCUT2D eigenvalue weighted by atomic mass is 10.1. The van der Waals surface area contributed by atoms with Crippen LogP contribution in [0.2, 0.25) is 0 Å². The third kappa shape index (κ3) is 6.13. The van der Waals surface area contributed by atoms with E-state index in [2.05, 4.69) is 5.32 Å². The zero-order valence-corrected chi connectivity index (χ0v) is 10.7. The van der Waals surface area contributed by atoms with Crippen LogP contribution in [0.15, 0.2) is 36.4 Å². The van der Waals surface area contributed by atoms with Crippen LogP contribution >= 0.6 is 0 Å². The number of carbonyl (C=O) groups excluding carboxylic acids is 1. The number of aliphatic hydroxyl groups excluding tert-OH is 1. The van der Waals surface area contributed by atoms with Crippen LogP contribution in [-0.2, 0) is 11.2 Å². The Morgan fingerprint density at radius 1 is 1.37 bits per heavy atom. The molecule has 1 atom stereocenters. The molecular formula is C14H19FN2O2. The van der Waals surface area contributed by atoms with Crippen molar-refractivity contribution in [2.45, 2.75) is 18.9 Å². The topological polar surface area (TPSA) is 75.3 Å². The molecule has 5 heteroatoms. The predicted octanol–water partition coefficient (Wildman–Crippen LogP) is 0.750. The molecule has 0 bridgehead atoms. The van der Waals surface area contributed by atoms with Crippen molar-refractivity contribution in [2.24, 2.45) is 5.73 Å². The van der Waals surface area contributed by atoms with Crippen molar-refractivity contribution >= 4 is 5.91 Å². The van der Waals surface area contributed by atoms with Gasteiger partial charge in [-0.25, -0.2) is 4.39 Å². The molecule has 0 spiro atoms. The maximum atomic E-state index is 12.7. The van der Waals surface area contributed by atoms with E-state index in [-0.39, 0.29) is 5.82 Å². The third-order valence-corrected chi connectivity index (χ3v) is 2.62. The minimum Gasteiger partial charge on any atom is -0.383 e. The fourth-order valence-electron chi connectivity index (χ4n) is 1.54. The molecular weight excluding hydrogens is 247 g/mol. The summed E-state index contributed by atoms with van der Waals surface area (Å²) >= 11 is 0. The van der Waals surface area contributed by atoms with E-state index in [1.54, 1.807) is 24.3 Å². The molecule has 0 aliphatic heterocycles. The zero-order valence-electron chi connectivity index (χ0n) is 10.7. The van der Waals surface area contributed by atoms with Crippen molar-refractivity contribution in [1.82, 2.24) is 5.32 Å². The number of rotatable bonds is 7. The summed E-state index contributed by atoms with van der Waals surface area (Å²) in [6.45, 7) is 0.770. The second-order valence-electron chi connectivity index (χ2n) is 4.13. The number of aliphatic hydroxyl groups is 1. The number of halogens is 1. The van der Waals surface area contributed by atoms with Crippen molar-refractivity contribution in [3.8, 4) is 0 Å². The summed E-state index contributed by atoms with van der Waals surface area (Å²) in [7, 11) is 0. The van der Waals surface area contributed by atoms with E-state index in [1.807, 2.05) is 0 Å². The highest BCUT2D eigenvalue weighted by Gasteiger charge is 2.13. The Bertz CT molecular complexity index is 418. The monoisotopic (exact) mass is 266 g/mol. The second-order valence-corrected chi connectivity index (χ2v) is 4.13. The molecule has 104 valence electrons. The zero-order chi connectivity index (χ0) is 14.1. The Balaban J connectivity index is 2.30. The summed E-state index contributed by atoms with van der Waals surface area (Å²) in [5.74, 6) is -0.711. The summed E-state index contributed by atoms with van der Waals surface area (Å²) in [4.78, 5) is 11.5. The Kier molecular flexibility index (Phi) is 6.78. The van der Waals surface area contributed by atoms with Crippen molar-refractivity contribution in [3.05, 3.63) is 47.8 Å². The van der Waals surface area contributed by atoms with E-state index >= 15 is 0 Å². The smallest absolute Gasteiger partial charge is 0.249 e. The van der Waals surface area contributed by atoms with Gasteiger partial charge in [-0.15, -0.1) is 0 Å². The molecule has 4 nitrogen and oxygen atoms in total. The van der Waals surface area contributed by atoms with Gasteiger partial charge in [0.25, 0.3) is 0 Å². The number of aryl methyl sites for hydroxylation is 1. The molecule has 1 unspecified atom stereocenters. The van der Waals surface area contributed by atoms with Gasteiger partial charge in [0.05, 0.1) is 0 Å². The molecule has 1 rings (SSSR count). The fourth-order valence-corrected chi connectivity index (χ4v) is 1.54. The number of nitrogens with two attached hydrogens (primary N) is 1. The molecule has 0 saturated heterocycles. The minimum absolute atomic E-state index is 0.297. The molecule has 0 heterocycles. The maximum Gasteiger partial charge on any atom is 0.249 e. The summed E-state index contributed by atoms with van der Waals surface area (Å²) in [5.41, 5.74) is 6.14. The van der Waals surface area contributed by atoms with Gasteiger partial charge in [0.15, 0.2) is 0 Å². The normalized spacial score (nSPS) is 12.6. The number of hydrogen-bond donors (Lipinski definition) is 3. The van der Waals surface area contributed by atoms with E-state index in [4.69, 9.17) is 5.73 Å². The number of carbonyl (C=O) groups is 1. The van der Waals surface area contributed by atoms with Crippen LogP contribution in [0, 0.1) is 5.82 Å². The molecule has 1 aromatic carbocycles. The summed E-state index contributed by atoms with van der Waals surface area (Å²) in [5, 5.41) is 12.2. The van der Waals surface area contributed by atoms with Gasteiger partial charge in [0, 0.05) is 13.1 Å². The lowest BCUT2D eigenvalue weighted by Gasteiger charge is -2.10. The lowest BCUT2D eigenvalue weighted by molar-refractivity contribution is -0.129. The van der Waals surface area contributed by atoms with E-state index < -0.39 is 12.0 Å². The van der Waals surface area contributed by atoms with E-state index in [9.17, 15) is 14.3 Å². The number of amides is 1. The third-order valence-electron chi connectivity index (χ3n) is 2.62. The average molecular weight is 266 g/mol. The molecule has 0 fully saturated rings. The van der Waals surface area contributed by atoms with Gasteiger partial charge in [0.1, 0.15) is 11.9 Å². The van der Waals surface area contributed by atoms with E-state index in [0.29, 0.717) is 25.9 Å². The van der Waals surface area contributed by atoms with Gasteiger partial charge in [-0.05, 0) is 30.5 Å². The van der Waals surface area contributed by atoms with Gasteiger partial charge in [0.2, 0.25) is 5.91 Å². The summed E-state index contributed by atoms with van der Waals surface area (Å²) < 4.78 is 12.7. The molecule has 0 radical (unpaired) electrons. The van der Waals surface area contributed by atoms with E-state index in [0.717, 1.165) is 5.56 Å². The van der Waals surface area contributed by atoms with Gasteiger partial charge >= 0.3 is 0 Å². The summed E-state index contributed by atoms with van der Waals surface area (Å²) in [6, 6.07) is 6.01. The molecule has 1 amide bonds. The van der Waals surface area contributed by atoms with Crippen LogP contribution in [0.4, 0.5) is 4.39 Å². The highest BCUT2D eigenvalue weighted by atomic mass is 19.1. The molecule has 0 aliphatic rings. The van der Waals surface area contributed by atoms with Crippen LogP contribution in [0.1, 0.15) is 12.0 Å². The average Bonchev–Trinajstić information content (AvgIpc) is 2.42. The van der Waals surface area contributed by atoms with Crippen LogP contribution in [-0.4, -0.2) is 30.2 Å². The maximum absolute atomic E-state index is 12.7. The van der Waals surface area contributed by atoms with Gasteiger partial charge in [-0.1, -0.05) is 24.3 Å². The van der Waals surface area contributed by atoms with E-state index in [1.165, 1.54) is 12.1 Å². The lowest BCUT2D eigenvalue weighted by Crippen LogP contribution is -2.34. The van der Waals surface area contributed by atoms with Crippen LogP contribution in [0.5, 0.6) is 0 Å². The summed E-state index contributed by atoms with van der Waals surface area (Å²) in [6.07, 6.45) is 3.22. The first-order chi connectivity index (χ1) is 9.13. The van der Waals surface area contributed by atoms with Crippen molar-refractivity contribution in [2.75, 3.05) is 13.1 Å². The van der Waals surface area contributed by atoms with Gasteiger partial charge in [-0.3, -0.25) is 4.79 Å². The quantitative estimate of drug-likeness (QED) is 0.637. The Labute approximate surface area is 112 Å². The number of nitrogens with one attached hydrogen (secondary N) is 1. The largest absolute Gasteiger partial charge is 0.383 e. The Morgan fingerprint density at radius 2 is 2.05 bits per heavy atom. The second kappa shape index (κ2) is 8.39. The SMILES string of the molecule is NC/C=C/CNC(=O)C(O)CCc1ccc(F)cc1. The molecule has 0 aromatic heterocycles. The molecule has 1 aromatic rings. The van der Waals surface area contributed by atoms with Gasteiger partial charge < -0.3 is 16.2 Å². The van der Waals surface area contributed by atoms with Crippen LogP contribution in [0.25, 0.3) is 0 Å². The molecule has 0 aliphatic carbocycles. The Morgan fingerprint density at radius 3 is 2.68 bits per heavy atom. The molecule has 19 heavy (non-hydrogen) atoms. The predicted molar refractivity (Wildman–Crippen MR) is 71.9 cm³/mol. The minimum atomic E-state index is -1.06. The first kappa shape index (κ1) is 15.3. The standard InChI is InChI=1S/C14H19FN2O2/c15-12-6-3-11(4-7-12)5-8-13(18)14(19)17-10-2-1-9-16/h1-4,6-7,13,18H,5,8-10,16H2,(H,17,19)/b2-1+. The molecule has 4 N–H and O–H groups in total. The van der Waals surface area contributed by atoms with Crippen molar-refractivity contribution < 1.29 is 14.3 Å². The Hall–Kier alpha value is -1.72. The van der Waals surface area contributed by atoms with Crippen LogP contribution < -0.4 is 11.1 Å².